The van der Waals surface area contributed by atoms with Crippen molar-refractivity contribution in [3.8, 4) is 11.3 Å². The minimum atomic E-state index is -0.290. The molecule has 0 unspecified atom stereocenters. The van der Waals surface area contributed by atoms with Crippen LogP contribution >= 0.6 is 0 Å². The van der Waals surface area contributed by atoms with Crippen molar-refractivity contribution < 1.29 is 0 Å². The van der Waals surface area contributed by atoms with Gasteiger partial charge in [0.05, 0.1) is 11.4 Å². The lowest BCUT2D eigenvalue weighted by molar-refractivity contribution is 1.11. The lowest BCUT2D eigenvalue weighted by atomic mass is 10.2. The highest BCUT2D eigenvalue weighted by Crippen LogP contribution is 2.18. The second kappa shape index (κ2) is 6.13. The van der Waals surface area contributed by atoms with Gasteiger partial charge in [0.25, 0.3) is 5.56 Å². The highest BCUT2D eigenvalue weighted by atomic mass is 16.1. The summed E-state index contributed by atoms with van der Waals surface area (Å²) in [6, 6.07) is 17.4. The molecule has 2 aromatic heterocycles. The van der Waals surface area contributed by atoms with Crippen molar-refractivity contribution >= 4 is 11.5 Å². The van der Waals surface area contributed by atoms with Gasteiger partial charge >= 0.3 is 0 Å². The minimum Gasteiger partial charge on any atom is -0.394 e. The topological polar surface area (TPSA) is 83.8 Å². The van der Waals surface area contributed by atoms with E-state index in [1.54, 1.807) is 12.3 Å². The molecule has 0 aliphatic rings. The number of hydrogen-bond donors (Lipinski definition) is 3. The number of anilines is 2. The maximum atomic E-state index is 11.3. The van der Waals surface area contributed by atoms with E-state index in [1.807, 2.05) is 36.4 Å². The van der Waals surface area contributed by atoms with E-state index in [0.29, 0.717) is 6.54 Å². The van der Waals surface area contributed by atoms with Gasteiger partial charge in [0.2, 0.25) is 0 Å². The van der Waals surface area contributed by atoms with Gasteiger partial charge in [-0.25, -0.2) is 4.98 Å². The van der Waals surface area contributed by atoms with Crippen LogP contribution in [0.4, 0.5) is 11.5 Å². The summed E-state index contributed by atoms with van der Waals surface area (Å²) in [6.07, 6.45) is 1.61. The van der Waals surface area contributed by atoms with Gasteiger partial charge in [0.15, 0.2) is 0 Å². The zero-order valence-corrected chi connectivity index (χ0v) is 11.9. The van der Waals surface area contributed by atoms with Gasteiger partial charge in [0.1, 0.15) is 5.82 Å². The average Bonchev–Trinajstić information content (AvgIpc) is 2.57. The molecular weight excluding hydrogens is 276 g/mol. The van der Waals surface area contributed by atoms with Gasteiger partial charge in [-0.15, -0.1) is 0 Å². The van der Waals surface area contributed by atoms with Crippen LogP contribution in [0.1, 0.15) is 5.56 Å². The summed E-state index contributed by atoms with van der Waals surface area (Å²) in [6.45, 7) is 0.699. The number of rotatable bonds is 4. The summed E-state index contributed by atoms with van der Waals surface area (Å²) >= 11 is 0. The maximum absolute atomic E-state index is 11.3. The van der Waals surface area contributed by atoms with E-state index in [4.69, 9.17) is 5.73 Å². The summed E-state index contributed by atoms with van der Waals surface area (Å²) in [5, 5.41) is 3.28. The molecule has 2 heterocycles. The van der Waals surface area contributed by atoms with Gasteiger partial charge < -0.3 is 16.0 Å². The fraction of sp³-hybridized carbons (Fsp3) is 0.0588. The van der Waals surface area contributed by atoms with Crippen molar-refractivity contribution in [2.24, 2.45) is 0 Å². The molecule has 5 nitrogen and oxygen atoms in total. The van der Waals surface area contributed by atoms with Crippen LogP contribution in [0.25, 0.3) is 11.3 Å². The molecular formula is C17H16N4O. The molecule has 0 bridgehead atoms. The number of nitrogen functional groups attached to an aromatic ring is 1. The van der Waals surface area contributed by atoms with Gasteiger partial charge in [-0.05, 0) is 23.8 Å². The summed E-state index contributed by atoms with van der Waals surface area (Å²) in [5.74, 6) is 0.770. The molecule has 0 saturated heterocycles. The first-order chi connectivity index (χ1) is 10.7. The molecule has 3 rings (SSSR count). The zero-order chi connectivity index (χ0) is 15.4. The number of nitrogens with one attached hydrogen (secondary N) is 2. The molecule has 0 fully saturated rings. The van der Waals surface area contributed by atoms with Crippen molar-refractivity contribution in [2.45, 2.75) is 6.54 Å². The Labute approximate surface area is 127 Å². The van der Waals surface area contributed by atoms with E-state index in [1.165, 1.54) is 5.56 Å². The molecule has 22 heavy (non-hydrogen) atoms. The summed E-state index contributed by atoms with van der Waals surface area (Å²) in [7, 11) is 0. The zero-order valence-electron chi connectivity index (χ0n) is 11.9. The van der Waals surface area contributed by atoms with Crippen LogP contribution < -0.4 is 16.6 Å². The van der Waals surface area contributed by atoms with Crippen molar-refractivity contribution in [3.05, 3.63) is 76.7 Å². The molecule has 5 heteroatoms. The van der Waals surface area contributed by atoms with Crippen LogP contribution in [-0.4, -0.2) is 9.97 Å². The van der Waals surface area contributed by atoms with Crippen LogP contribution in [0, 0.1) is 0 Å². The summed E-state index contributed by atoms with van der Waals surface area (Å²) in [4.78, 5) is 18.5. The maximum Gasteiger partial charge on any atom is 0.271 e. The Morgan fingerprint density at radius 3 is 2.68 bits per heavy atom. The molecule has 0 spiro atoms. The molecule has 0 radical (unpaired) electrons. The van der Waals surface area contributed by atoms with E-state index in [-0.39, 0.29) is 11.2 Å². The lowest BCUT2D eigenvalue weighted by Crippen LogP contribution is -2.10. The molecule has 1 aromatic carbocycles. The fourth-order valence-corrected chi connectivity index (χ4v) is 2.13. The predicted molar refractivity (Wildman–Crippen MR) is 88.5 cm³/mol. The number of hydrogen-bond acceptors (Lipinski definition) is 4. The summed E-state index contributed by atoms with van der Waals surface area (Å²) in [5.41, 5.74) is 8.25. The van der Waals surface area contributed by atoms with E-state index in [0.717, 1.165) is 17.1 Å². The molecule has 110 valence electrons. The molecule has 0 aliphatic heterocycles. The van der Waals surface area contributed by atoms with Crippen LogP contribution in [0.15, 0.2) is 65.6 Å². The second-order valence-corrected chi connectivity index (χ2v) is 4.92. The Kier molecular flexibility index (Phi) is 3.87. The third-order valence-corrected chi connectivity index (χ3v) is 3.29. The largest absolute Gasteiger partial charge is 0.394 e. The highest BCUT2D eigenvalue weighted by Gasteiger charge is 2.03. The third kappa shape index (κ3) is 3.15. The number of nitrogens with zero attached hydrogens (tertiary/aromatic N) is 1. The SMILES string of the molecule is Nc1cc(-c2cccc(NCc3ccccc3)n2)c[nH]c1=O. The predicted octanol–water partition coefficient (Wildman–Crippen LogP) is 2.63. The lowest BCUT2D eigenvalue weighted by Gasteiger charge is -2.08. The number of pyridine rings is 2. The highest BCUT2D eigenvalue weighted by molar-refractivity contribution is 5.63. The van der Waals surface area contributed by atoms with E-state index >= 15 is 0 Å². The number of nitrogens with two attached hydrogens (primary N) is 1. The smallest absolute Gasteiger partial charge is 0.271 e. The van der Waals surface area contributed by atoms with Crippen molar-refractivity contribution in [1.82, 2.24) is 9.97 Å². The molecule has 0 amide bonds. The van der Waals surface area contributed by atoms with Crippen LogP contribution in [0.5, 0.6) is 0 Å². The van der Waals surface area contributed by atoms with Crippen LogP contribution in [0.3, 0.4) is 0 Å². The Bertz CT molecular complexity index is 827. The first-order valence-electron chi connectivity index (χ1n) is 6.96. The second-order valence-electron chi connectivity index (χ2n) is 4.92. The molecule has 0 saturated carbocycles. The average molecular weight is 292 g/mol. The first-order valence-corrected chi connectivity index (χ1v) is 6.96. The summed E-state index contributed by atoms with van der Waals surface area (Å²) < 4.78 is 0. The van der Waals surface area contributed by atoms with Crippen LogP contribution in [-0.2, 0) is 6.54 Å². The third-order valence-electron chi connectivity index (χ3n) is 3.29. The van der Waals surface area contributed by atoms with Gasteiger partial charge in [-0.1, -0.05) is 36.4 Å². The number of H-pyrrole nitrogens is 1. The number of benzene rings is 1. The minimum absolute atomic E-state index is 0.182. The number of aromatic amines is 1. The van der Waals surface area contributed by atoms with Crippen molar-refractivity contribution in [2.75, 3.05) is 11.1 Å². The fourth-order valence-electron chi connectivity index (χ4n) is 2.13. The van der Waals surface area contributed by atoms with Gasteiger partial charge in [-0.3, -0.25) is 4.79 Å². The molecule has 0 atom stereocenters. The van der Waals surface area contributed by atoms with E-state index in [2.05, 4.69) is 27.4 Å². The van der Waals surface area contributed by atoms with Gasteiger partial charge in [-0.2, -0.15) is 0 Å². The molecule has 0 aliphatic carbocycles. The Hall–Kier alpha value is -3.08. The normalized spacial score (nSPS) is 10.4. The molecule has 3 aromatic rings. The Morgan fingerprint density at radius 1 is 1.09 bits per heavy atom. The van der Waals surface area contributed by atoms with Crippen molar-refractivity contribution in [3.63, 3.8) is 0 Å². The first kappa shape index (κ1) is 13.9. The monoisotopic (exact) mass is 292 g/mol. The van der Waals surface area contributed by atoms with Gasteiger partial charge in [0, 0.05) is 18.3 Å². The van der Waals surface area contributed by atoms with E-state index < -0.39 is 0 Å². The molecule has 4 N–H and O–H groups in total. The number of aromatic nitrogens is 2. The van der Waals surface area contributed by atoms with Crippen LogP contribution in [0.2, 0.25) is 0 Å². The quantitative estimate of drug-likeness (QED) is 0.690. The Morgan fingerprint density at radius 2 is 1.91 bits per heavy atom. The van der Waals surface area contributed by atoms with Crippen molar-refractivity contribution in [1.29, 1.82) is 0 Å². The standard InChI is InChI=1S/C17H16N4O/c18-14-9-13(11-20-17(14)22)15-7-4-8-16(21-15)19-10-12-5-2-1-3-6-12/h1-9,11H,10,18H2,(H,19,21)(H,20,22). The Balaban J connectivity index is 1.80. The van der Waals surface area contributed by atoms with E-state index in [9.17, 15) is 4.79 Å².